The molecular formula is C60H44N2. The zero-order valence-corrected chi connectivity index (χ0v) is 34.7. The number of aliphatic imine (C=N–C) groups is 1. The van der Waals surface area contributed by atoms with E-state index in [2.05, 4.69) is 224 Å². The molecule has 0 N–H and O–H groups in total. The van der Waals surface area contributed by atoms with Gasteiger partial charge in [0.15, 0.2) is 0 Å². The van der Waals surface area contributed by atoms with E-state index in [-0.39, 0.29) is 5.54 Å². The second-order valence-electron chi connectivity index (χ2n) is 17.2. The number of anilines is 2. The molecule has 1 unspecified atom stereocenters. The van der Waals surface area contributed by atoms with Crippen molar-refractivity contribution in [2.75, 3.05) is 4.90 Å². The van der Waals surface area contributed by atoms with Gasteiger partial charge in [0.2, 0.25) is 0 Å². The van der Waals surface area contributed by atoms with Crippen molar-refractivity contribution in [2.45, 2.75) is 31.7 Å². The first-order valence-electron chi connectivity index (χ1n) is 21.9. The number of hydrogen-bond donors (Lipinski definition) is 0. The van der Waals surface area contributed by atoms with E-state index in [9.17, 15) is 0 Å². The van der Waals surface area contributed by atoms with Crippen LogP contribution in [0.15, 0.2) is 217 Å². The average Bonchev–Trinajstić information content (AvgIpc) is 3.94. The number of benzene rings is 9. The molecule has 1 atom stereocenters. The maximum atomic E-state index is 5.23. The Morgan fingerprint density at radius 2 is 1.11 bits per heavy atom. The normalized spacial score (nSPS) is 16.0. The highest BCUT2D eigenvalue weighted by atomic mass is 15.2. The molecule has 0 saturated heterocycles. The van der Waals surface area contributed by atoms with Crippen molar-refractivity contribution in [3.63, 3.8) is 0 Å². The maximum absolute atomic E-state index is 5.23. The molecule has 2 aliphatic carbocycles. The lowest BCUT2D eigenvalue weighted by atomic mass is 9.86. The number of rotatable bonds is 7. The van der Waals surface area contributed by atoms with Crippen molar-refractivity contribution >= 4 is 44.3 Å². The molecule has 1 aliphatic heterocycles. The van der Waals surface area contributed by atoms with Gasteiger partial charge in [0.25, 0.3) is 0 Å². The Balaban J connectivity index is 0.957. The van der Waals surface area contributed by atoms with Crippen LogP contribution in [0.3, 0.4) is 0 Å². The molecule has 0 amide bonds. The highest BCUT2D eigenvalue weighted by Gasteiger charge is 2.33. The molecule has 9 aromatic rings. The SMILES string of the molecule is CC1(N(c2ccc(-c3ccccc3)cc2)c2ccc(-c3cc4c(c5ccccc35)-c3ccc(-c5cccc6c5N=C(c5ccccc5)C6)cc3C4)c3ccccc23)C=CC=CC1. The summed E-state index contributed by atoms with van der Waals surface area (Å²) in [6.07, 6.45) is 11.7. The lowest BCUT2D eigenvalue weighted by Crippen LogP contribution is -2.42. The molecule has 0 fully saturated rings. The summed E-state index contributed by atoms with van der Waals surface area (Å²) >= 11 is 0. The first kappa shape index (κ1) is 36.3. The van der Waals surface area contributed by atoms with E-state index in [0.29, 0.717) is 0 Å². The monoisotopic (exact) mass is 792 g/mol. The van der Waals surface area contributed by atoms with E-state index in [1.807, 2.05) is 0 Å². The maximum Gasteiger partial charge on any atom is 0.0747 e. The van der Waals surface area contributed by atoms with Crippen LogP contribution in [0.5, 0.6) is 0 Å². The predicted octanol–water partition coefficient (Wildman–Crippen LogP) is 15.7. The van der Waals surface area contributed by atoms with Crippen LogP contribution in [0.25, 0.3) is 66.1 Å². The van der Waals surface area contributed by atoms with E-state index in [0.717, 1.165) is 30.7 Å². The summed E-state index contributed by atoms with van der Waals surface area (Å²) in [5.74, 6) is 0. The van der Waals surface area contributed by atoms with Crippen LogP contribution in [0, 0.1) is 0 Å². The van der Waals surface area contributed by atoms with Crippen LogP contribution in [0.2, 0.25) is 0 Å². The van der Waals surface area contributed by atoms with Crippen molar-refractivity contribution in [2.24, 2.45) is 4.99 Å². The van der Waals surface area contributed by atoms with Gasteiger partial charge in [-0.1, -0.05) is 188 Å². The van der Waals surface area contributed by atoms with Gasteiger partial charge in [0.1, 0.15) is 0 Å². The quantitative estimate of drug-likeness (QED) is 0.157. The molecule has 12 rings (SSSR count). The Bertz CT molecular complexity index is 3320. The lowest BCUT2D eigenvalue weighted by Gasteiger charge is -2.42. The highest BCUT2D eigenvalue weighted by Crippen LogP contribution is 2.50. The summed E-state index contributed by atoms with van der Waals surface area (Å²) in [6, 6.07) is 69.4. The number of fused-ring (bicyclic) bond motifs is 7. The Kier molecular flexibility index (Phi) is 8.54. The summed E-state index contributed by atoms with van der Waals surface area (Å²) in [6.45, 7) is 2.36. The predicted molar refractivity (Wildman–Crippen MR) is 262 cm³/mol. The van der Waals surface area contributed by atoms with Crippen molar-refractivity contribution in [1.29, 1.82) is 0 Å². The fourth-order valence-corrected chi connectivity index (χ4v) is 10.5. The molecule has 3 aliphatic rings. The van der Waals surface area contributed by atoms with Gasteiger partial charge in [-0.05, 0) is 121 Å². The minimum Gasteiger partial charge on any atom is -0.331 e. The minimum absolute atomic E-state index is 0.255. The van der Waals surface area contributed by atoms with Crippen LogP contribution in [0.1, 0.15) is 35.6 Å². The second-order valence-corrected chi connectivity index (χ2v) is 17.2. The smallest absolute Gasteiger partial charge is 0.0747 e. The fraction of sp³-hybridized carbons (Fsp3) is 0.0833. The van der Waals surface area contributed by atoms with Crippen molar-refractivity contribution in [3.05, 3.63) is 235 Å². The molecule has 9 aromatic carbocycles. The number of para-hydroxylation sites is 1. The van der Waals surface area contributed by atoms with Crippen LogP contribution < -0.4 is 4.90 Å². The second kappa shape index (κ2) is 14.6. The Morgan fingerprint density at radius 1 is 0.452 bits per heavy atom. The first-order valence-corrected chi connectivity index (χ1v) is 21.9. The lowest BCUT2D eigenvalue weighted by molar-refractivity contribution is 0.571. The van der Waals surface area contributed by atoms with Crippen LogP contribution in [-0.4, -0.2) is 11.3 Å². The molecule has 0 spiro atoms. The molecule has 0 saturated carbocycles. The molecule has 294 valence electrons. The Morgan fingerprint density at radius 3 is 1.87 bits per heavy atom. The van der Waals surface area contributed by atoms with Crippen LogP contribution in [-0.2, 0) is 12.8 Å². The van der Waals surface area contributed by atoms with Gasteiger partial charge in [-0.25, -0.2) is 0 Å². The van der Waals surface area contributed by atoms with Gasteiger partial charge in [-0.2, -0.15) is 0 Å². The molecular weight excluding hydrogens is 749 g/mol. The van der Waals surface area contributed by atoms with Crippen molar-refractivity contribution in [3.8, 4) is 44.5 Å². The molecule has 62 heavy (non-hydrogen) atoms. The number of nitrogens with zero attached hydrogens (tertiary/aromatic N) is 2. The van der Waals surface area contributed by atoms with Crippen molar-refractivity contribution < 1.29 is 0 Å². The Hall–Kier alpha value is -7.55. The molecule has 2 heteroatoms. The fourth-order valence-electron chi connectivity index (χ4n) is 10.5. The van der Waals surface area contributed by atoms with Gasteiger partial charge >= 0.3 is 0 Å². The summed E-state index contributed by atoms with van der Waals surface area (Å²) in [7, 11) is 0. The largest absolute Gasteiger partial charge is 0.331 e. The van der Waals surface area contributed by atoms with E-state index in [1.54, 1.807) is 0 Å². The molecule has 2 nitrogen and oxygen atoms in total. The topological polar surface area (TPSA) is 15.6 Å². The standard InChI is InChI=1S/C60H44N2/c1-60(34-13-4-14-35-60)62(47-29-26-41(27-30-47)40-16-5-2-6-17-40)57-33-32-52(50-21-9-11-23-53(50)57)55-38-46-37-45-36-43(28-31-48(45)58(46)54-24-12-10-22-51(54)55)49-25-15-20-44-39-56(61-59(44)49)42-18-7-3-8-19-42/h2-34,36,38H,35,37,39H2,1H3. The zero-order valence-electron chi connectivity index (χ0n) is 34.7. The summed E-state index contributed by atoms with van der Waals surface area (Å²) in [4.78, 5) is 7.78. The van der Waals surface area contributed by atoms with Gasteiger partial charge in [-0.15, -0.1) is 0 Å². The molecule has 0 aromatic heterocycles. The van der Waals surface area contributed by atoms with Crippen LogP contribution in [0.4, 0.5) is 17.1 Å². The third-order valence-electron chi connectivity index (χ3n) is 13.4. The Labute approximate surface area is 363 Å². The summed E-state index contributed by atoms with van der Waals surface area (Å²) in [5, 5.41) is 5.09. The minimum atomic E-state index is -0.255. The van der Waals surface area contributed by atoms with Crippen LogP contribution >= 0.6 is 0 Å². The van der Waals surface area contributed by atoms with E-state index in [4.69, 9.17) is 4.99 Å². The van der Waals surface area contributed by atoms with Crippen molar-refractivity contribution in [1.82, 2.24) is 0 Å². The third-order valence-corrected chi connectivity index (χ3v) is 13.4. The van der Waals surface area contributed by atoms with Gasteiger partial charge in [0.05, 0.1) is 16.9 Å². The number of hydrogen-bond acceptors (Lipinski definition) is 2. The summed E-state index contributed by atoms with van der Waals surface area (Å²) < 4.78 is 0. The zero-order chi connectivity index (χ0) is 41.2. The molecule has 0 radical (unpaired) electrons. The van der Waals surface area contributed by atoms with E-state index < -0.39 is 0 Å². The van der Waals surface area contributed by atoms with Gasteiger partial charge < -0.3 is 4.90 Å². The summed E-state index contributed by atoms with van der Waals surface area (Å²) in [5.41, 5.74) is 19.8. The first-order chi connectivity index (χ1) is 30.6. The highest BCUT2D eigenvalue weighted by molar-refractivity contribution is 6.14. The average molecular weight is 793 g/mol. The van der Waals surface area contributed by atoms with E-state index >= 15 is 0 Å². The third kappa shape index (κ3) is 5.97. The van der Waals surface area contributed by atoms with Gasteiger partial charge in [-0.3, -0.25) is 4.99 Å². The van der Waals surface area contributed by atoms with E-state index in [1.165, 1.54) is 99.7 Å². The van der Waals surface area contributed by atoms with Gasteiger partial charge in [0, 0.05) is 28.7 Å². The molecule has 0 bridgehead atoms. The number of allylic oxidation sites excluding steroid dienone is 2. The molecule has 1 heterocycles.